The molecule has 2 fully saturated rings. The molecule has 0 radical (unpaired) electrons. The molecule has 5 nitrogen and oxygen atoms in total. The highest BCUT2D eigenvalue weighted by Gasteiger charge is 2.39. The van der Waals surface area contributed by atoms with Crippen LogP contribution in [0.3, 0.4) is 0 Å². The Morgan fingerprint density at radius 1 is 1.17 bits per heavy atom. The Morgan fingerprint density at radius 3 is 2.48 bits per heavy atom. The molecule has 1 heterocycles. The summed E-state index contributed by atoms with van der Waals surface area (Å²) in [5.74, 6) is 3.44. The van der Waals surface area contributed by atoms with Gasteiger partial charge in [-0.3, -0.25) is 9.89 Å². The molecule has 7 heteroatoms. The van der Waals surface area contributed by atoms with Crippen molar-refractivity contribution >= 4 is 41.7 Å². The van der Waals surface area contributed by atoms with E-state index in [1.165, 1.54) is 50.3 Å². The molecule has 1 atom stereocenters. The van der Waals surface area contributed by atoms with Crippen molar-refractivity contribution in [2.24, 2.45) is 4.99 Å². The number of guanidine groups is 1. The van der Waals surface area contributed by atoms with Crippen LogP contribution in [-0.2, 0) is 0 Å². The number of benzene rings is 1. The fourth-order valence-corrected chi connectivity index (χ4v) is 5.35. The van der Waals surface area contributed by atoms with Gasteiger partial charge in [0.2, 0.25) is 0 Å². The second kappa shape index (κ2) is 13.0. The lowest BCUT2D eigenvalue weighted by molar-refractivity contribution is 0.112. The van der Waals surface area contributed by atoms with E-state index >= 15 is 0 Å². The molecule has 3 rings (SSSR count). The molecule has 2 aliphatic rings. The normalized spacial score (nSPS) is 20.7. The summed E-state index contributed by atoms with van der Waals surface area (Å²) >= 11 is 2.07. The molecule has 1 aromatic carbocycles. The zero-order valence-corrected chi connectivity index (χ0v) is 20.8. The quantitative estimate of drug-likeness (QED) is 0.273. The first kappa shape index (κ1) is 24.8. The Bertz CT molecular complexity index is 604. The number of aliphatic hydroxyl groups excluding tert-OH is 1. The lowest BCUT2D eigenvalue weighted by Crippen LogP contribution is -2.53. The van der Waals surface area contributed by atoms with Gasteiger partial charge < -0.3 is 15.7 Å². The van der Waals surface area contributed by atoms with Gasteiger partial charge in [0, 0.05) is 49.1 Å². The van der Waals surface area contributed by atoms with Gasteiger partial charge in [0.1, 0.15) is 0 Å². The largest absolute Gasteiger partial charge is 0.396 e. The summed E-state index contributed by atoms with van der Waals surface area (Å²) in [5.41, 5.74) is 1.41. The molecule has 0 aromatic heterocycles. The van der Waals surface area contributed by atoms with Gasteiger partial charge in [0.05, 0.1) is 13.2 Å². The topological polar surface area (TPSA) is 59.9 Å². The molecule has 1 unspecified atom stereocenters. The summed E-state index contributed by atoms with van der Waals surface area (Å²) in [4.78, 5) is 7.72. The third-order valence-corrected chi connectivity index (χ3v) is 7.04. The van der Waals surface area contributed by atoms with E-state index in [1.807, 2.05) is 18.2 Å². The van der Waals surface area contributed by atoms with Crippen molar-refractivity contribution in [2.75, 3.05) is 50.8 Å². The molecule has 1 saturated carbocycles. The zero-order valence-electron chi connectivity index (χ0n) is 17.6. The molecule has 0 amide bonds. The van der Waals surface area contributed by atoms with Crippen molar-refractivity contribution < 1.29 is 5.11 Å². The third-order valence-electron chi connectivity index (χ3n) is 6.10. The Balaban J connectivity index is 0.00000300. The number of nitrogens with one attached hydrogen (secondary N) is 2. The minimum atomic E-state index is 0. The first-order valence-corrected chi connectivity index (χ1v) is 11.9. The predicted octanol–water partition coefficient (Wildman–Crippen LogP) is 3.30. The standard InChI is InChI=1S/C22H36N4OS.HI/c1-2-23-21(24-16-20(17-27)19-8-4-3-5-9-19)25-18-22(10-6-7-11-22)26-12-14-28-15-13-26;/h3-5,8-9,20,27H,2,6-7,10-18H2,1H3,(H2,23,24,25);1H. The van der Waals surface area contributed by atoms with Crippen molar-refractivity contribution in [3.63, 3.8) is 0 Å². The first-order chi connectivity index (χ1) is 13.8. The number of hydrogen-bond acceptors (Lipinski definition) is 4. The van der Waals surface area contributed by atoms with Crippen molar-refractivity contribution in [1.29, 1.82) is 0 Å². The van der Waals surface area contributed by atoms with Crippen LogP contribution in [0.4, 0.5) is 0 Å². The number of aliphatic imine (C=N–C) groups is 1. The van der Waals surface area contributed by atoms with Crippen molar-refractivity contribution in [1.82, 2.24) is 15.5 Å². The van der Waals surface area contributed by atoms with Gasteiger partial charge in [-0.25, -0.2) is 0 Å². The smallest absolute Gasteiger partial charge is 0.191 e. The minimum Gasteiger partial charge on any atom is -0.396 e. The van der Waals surface area contributed by atoms with Crippen molar-refractivity contribution in [2.45, 2.75) is 44.1 Å². The lowest BCUT2D eigenvalue weighted by Gasteiger charge is -2.42. The fourth-order valence-electron chi connectivity index (χ4n) is 4.45. The number of nitrogens with zero attached hydrogens (tertiary/aromatic N) is 2. The average Bonchev–Trinajstić information content (AvgIpc) is 3.24. The van der Waals surface area contributed by atoms with E-state index in [0.29, 0.717) is 6.54 Å². The molecular weight excluding hydrogens is 495 g/mol. The van der Waals surface area contributed by atoms with E-state index in [2.05, 4.69) is 46.4 Å². The highest BCUT2D eigenvalue weighted by Crippen LogP contribution is 2.37. The van der Waals surface area contributed by atoms with Gasteiger partial charge in [-0.2, -0.15) is 11.8 Å². The molecule has 29 heavy (non-hydrogen) atoms. The van der Waals surface area contributed by atoms with Crippen LogP contribution in [0, 0.1) is 0 Å². The highest BCUT2D eigenvalue weighted by molar-refractivity contribution is 14.0. The lowest BCUT2D eigenvalue weighted by atomic mass is 9.95. The summed E-state index contributed by atoms with van der Waals surface area (Å²) in [6.07, 6.45) is 5.18. The number of thioether (sulfide) groups is 1. The van der Waals surface area contributed by atoms with Crippen LogP contribution in [0.2, 0.25) is 0 Å². The third kappa shape index (κ3) is 7.01. The van der Waals surface area contributed by atoms with Crippen LogP contribution in [0.25, 0.3) is 0 Å². The van der Waals surface area contributed by atoms with Crippen molar-refractivity contribution in [3.8, 4) is 0 Å². The number of aliphatic hydroxyl groups is 1. The van der Waals surface area contributed by atoms with Crippen LogP contribution >= 0.6 is 35.7 Å². The maximum atomic E-state index is 9.83. The van der Waals surface area contributed by atoms with E-state index in [1.54, 1.807) is 0 Å². The molecule has 1 saturated heterocycles. The first-order valence-electron chi connectivity index (χ1n) is 10.8. The number of rotatable bonds is 8. The molecular formula is C22H37IN4OS. The molecule has 1 aliphatic carbocycles. The Hall–Kier alpha value is -0.510. The van der Waals surface area contributed by atoms with Gasteiger partial charge in [-0.15, -0.1) is 24.0 Å². The second-order valence-electron chi connectivity index (χ2n) is 7.90. The van der Waals surface area contributed by atoms with Gasteiger partial charge in [0.15, 0.2) is 5.96 Å². The van der Waals surface area contributed by atoms with Gasteiger partial charge >= 0.3 is 0 Å². The summed E-state index contributed by atoms with van der Waals surface area (Å²) < 4.78 is 0. The van der Waals surface area contributed by atoms with E-state index in [-0.39, 0.29) is 42.0 Å². The van der Waals surface area contributed by atoms with Crippen LogP contribution in [0.1, 0.15) is 44.1 Å². The molecule has 1 aromatic rings. The van der Waals surface area contributed by atoms with Gasteiger partial charge in [-0.05, 0) is 25.3 Å². The SMILES string of the molecule is CCNC(=NCC1(N2CCSCC2)CCCC1)NCC(CO)c1ccccc1.I. The maximum absolute atomic E-state index is 9.83. The van der Waals surface area contributed by atoms with Gasteiger partial charge in [0.25, 0.3) is 0 Å². The molecule has 1 aliphatic heterocycles. The highest BCUT2D eigenvalue weighted by atomic mass is 127. The maximum Gasteiger partial charge on any atom is 0.191 e. The Morgan fingerprint density at radius 2 is 1.86 bits per heavy atom. The Kier molecular flexibility index (Phi) is 11.1. The van der Waals surface area contributed by atoms with E-state index in [0.717, 1.165) is 24.6 Å². The summed E-state index contributed by atoms with van der Waals surface area (Å²) in [5, 5.41) is 16.7. The zero-order chi connectivity index (χ0) is 19.7. The monoisotopic (exact) mass is 532 g/mol. The number of halogens is 1. The van der Waals surface area contributed by atoms with E-state index < -0.39 is 0 Å². The van der Waals surface area contributed by atoms with E-state index in [4.69, 9.17) is 4.99 Å². The second-order valence-corrected chi connectivity index (χ2v) is 9.12. The van der Waals surface area contributed by atoms with Crippen LogP contribution < -0.4 is 10.6 Å². The molecule has 3 N–H and O–H groups in total. The molecule has 0 spiro atoms. The summed E-state index contributed by atoms with van der Waals surface area (Å²) in [6.45, 7) is 7.02. The van der Waals surface area contributed by atoms with Crippen LogP contribution in [-0.4, -0.2) is 72.3 Å². The summed E-state index contributed by atoms with van der Waals surface area (Å²) in [7, 11) is 0. The molecule has 0 bridgehead atoms. The minimum absolute atomic E-state index is 0. The number of hydrogen-bond donors (Lipinski definition) is 3. The van der Waals surface area contributed by atoms with Crippen LogP contribution in [0.15, 0.2) is 35.3 Å². The average molecular weight is 533 g/mol. The Labute approximate surface area is 197 Å². The molecule has 164 valence electrons. The van der Waals surface area contributed by atoms with Crippen LogP contribution in [0.5, 0.6) is 0 Å². The van der Waals surface area contributed by atoms with Gasteiger partial charge in [-0.1, -0.05) is 43.2 Å². The fraction of sp³-hybridized carbons (Fsp3) is 0.682. The predicted molar refractivity (Wildman–Crippen MR) is 136 cm³/mol. The summed E-state index contributed by atoms with van der Waals surface area (Å²) in [6, 6.07) is 10.2. The van der Waals surface area contributed by atoms with Crippen molar-refractivity contribution in [3.05, 3.63) is 35.9 Å². The van der Waals surface area contributed by atoms with E-state index in [9.17, 15) is 5.11 Å².